The van der Waals surface area contributed by atoms with Crippen molar-refractivity contribution in [1.82, 2.24) is 5.32 Å². The first kappa shape index (κ1) is 14.6. The van der Waals surface area contributed by atoms with Crippen molar-refractivity contribution in [2.24, 2.45) is 0 Å². The summed E-state index contributed by atoms with van der Waals surface area (Å²) in [5, 5.41) is 3.34. The van der Waals surface area contributed by atoms with Crippen LogP contribution in [0.2, 0.25) is 0 Å². The lowest BCUT2D eigenvalue weighted by Gasteiger charge is -2.12. The maximum absolute atomic E-state index is 6.01. The monoisotopic (exact) mass is 269 g/mol. The van der Waals surface area contributed by atoms with E-state index in [-0.39, 0.29) is 0 Å². The number of aryl methyl sites for hydroxylation is 3. The van der Waals surface area contributed by atoms with Gasteiger partial charge >= 0.3 is 0 Å². The topological polar surface area (TPSA) is 21.3 Å². The Kier molecular flexibility index (Phi) is 4.80. The Morgan fingerprint density at radius 1 is 0.950 bits per heavy atom. The third-order valence-corrected chi connectivity index (χ3v) is 3.24. The van der Waals surface area contributed by atoms with Crippen LogP contribution in [-0.2, 0) is 6.54 Å². The Bertz CT molecular complexity index is 570. The molecule has 0 unspecified atom stereocenters. The first-order chi connectivity index (χ1) is 9.58. The molecule has 0 bridgehead atoms. The third-order valence-electron chi connectivity index (χ3n) is 3.24. The van der Waals surface area contributed by atoms with Gasteiger partial charge in [-0.1, -0.05) is 25.1 Å². The molecular weight excluding hydrogens is 246 g/mol. The quantitative estimate of drug-likeness (QED) is 0.862. The fourth-order valence-electron chi connectivity index (χ4n) is 2.32. The lowest BCUT2D eigenvalue weighted by molar-refractivity contribution is 0.477. The standard InChI is InChI=1S/C18H23NO/c1-5-19-12-16-6-7-18(15(4)11-16)20-17-9-13(2)8-14(3)10-17/h6-11,19H,5,12H2,1-4H3. The van der Waals surface area contributed by atoms with Crippen LogP contribution in [0.4, 0.5) is 0 Å². The molecule has 106 valence electrons. The third kappa shape index (κ3) is 3.84. The Morgan fingerprint density at radius 3 is 2.25 bits per heavy atom. The molecule has 0 saturated heterocycles. The zero-order chi connectivity index (χ0) is 14.5. The van der Waals surface area contributed by atoms with Crippen LogP contribution < -0.4 is 10.1 Å². The van der Waals surface area contributed by atoms with Crippen molar-refractivity contribution < 1.29 is 4.74 Å². The number of hydrogen-bond donors (Lipinski definition) is 1. The van der Waals surface area contributed by atoms with Crippen molar-refractivity contribution in [3.8, 4) is 11.5 Å². The molecule has 0 aliphatic heterocycles. The Hall–Kier alpha value is -1.80. The van der Waals surface area contributed by atoms with E-state index < -0.39 is 0 Å². The molecule has 0 spiro atoms. The van der Waals surface area contributed by atoms with Gasteiger partial charge in [0.05, 0.1) is 0 Å². The highest BCUT2D eigenvalue weighted by Crippen LogP contribution is 2.27. The summed E-state index contributed by atoms with van der Waals surface area (Å²) in [6, 6.07) is 12.6. The highest BCUT2D eigenvalue weighted by molar-refractivity contribution is 5.41. The van der Waals surface area contributed by atoms with Gasteiger partial charge in [0.25, 0.3) is 0 Å². The maximum atomic E-state index is 6.01. The van der Waals surface area contributed by atoms with Crippen molar-refractivity contribution in [3.05, 3.63) is 58.7 Å². The summed E-state index contributed by atoms with van der Waals surface area (Å²) in [6.45, 7) is 10.3. The summed E-state index contributed by atoms with van der Waals surface area (Å²) in [5.74, 6) is 1.83. The second kappa shape index (κ2) is 6.58. The molecule has 0 fully saturated rings. The largest absolute Gasteiger partial charge is 0.457 e. The van der Waals surface area contributed by atoms with Crippen LogP contribution in [-0.4, -0.2) is 6.54 Å². The second-order valence-corrected chi connectivity index (χ2v) is 5.31. The zero-order valence-electron chi connectivity index (χ0n) is 12.8. The molecule has 0 atom stereocenters. The lowest BCUT2D eigenvalue weighted by Crippen LogP contribution is -2.11. The number of rotatable bonds is 5. The van der Waals surface area contributed by atoms with E-state index in [1.165, 1.54) is 22.3 Å². The van der Waals surface area contributed by atoms with E-state index in [0.717, 1.165) is 24.6 Å². The van der Waals surface area contributed by atoms with Crippen LogP contribution in [0.3, 0.4) is 0 Å². The molecular formula is C18H23NO. The molecule has 0 heterocycles. The summed E-state index contributed by atoms with van der Waals surface area (Å²) in [4.78, 5) is 0. The summed E-state index contributed by atoms with van der Waals surface area (Å²) < 4.78 is 6.01. The minimum absolute atomic E-state index is 0.904. The maximum Gasteiger partial charge on any atom is 0.130 e. The van der Waals surface area contributed by atoms with Gasteiger partial charge in [-0.15, -0.1) is 0 Å². The van der Waals surface area contributed by atoms with Crippen molar-refractivity contribution in [1.29, 1.82) is 0 Å². The van der Waals surface area contributed by atoms with Crippen LogP contribution in [0.5, 0.6) is 11.5 Å². The van der Waals surface area contributed by atoms with Crippen LogP contribution in [0.15, 0.2) is 36.4 Å². The number of ether oxygens (including phenoxy) is 1. The molecule has 2 aromatic rings. The molecule has 0 radical (unpaired) electrons. The average Bonchev–Trinajstić information content (AvgIpc) is 2.38. The van der Waals surface area contributed by atoms with Gasteiger partial charge in [0, 0.05) is 6.54 Å². The van der Waals surface area contributed by atoms with E-state index in [1.807, 2.05) is 0 Å². The molecule has 0 aromatic heterocycles. The van der Waals surface area contributed by atoms with Gasteiger partial charge in [-0.3, -0.25) is 0 Å². The molecule has 20 heavy (non-hydrogen) atoms. The molecule has 0 saturated carbocycles. The SMILES string of the molecule is CCNCc1ccc(Oc2cc(C)cc(C)c2)c(C)c1. The normalized spacial score (nSPS) is 10.6. The lowest BCUT2D eigenvalue weighted by atomic mass is 10.1. The van der Waals surface area contributed by atoms with Crippen LogP contribution in [0.1, 0.15) is 29.2 Å². The first-order valence-corrected chi connectivity index (χ1v) is 7.15. The van der Waals surface area contributed by atoms with E-state index in [1.54, 1.807) is 0 Å². The molecule has 2 nitrogen and oxygen atoms in total. The Labute approximate surface area is 121 Å². The highest BCUT2D eigenvalue weighted by Gasteiger charge is 2.04. The zero-order valence-corrected chi connectivity index (χ0v) is 12.8. The fourth-order valence-corrected chi connectivity index (χ4v) is 2.32. The van der Waals surface area contributed by atoms with E-state index in [0.29, 0.717) is 0 Å². The number of hydrogen-bond acceptors (Lipinski definition) is 2. The van der Waals surface area contributed by atoms with Crippen molar-refractivity contribution in [3.63, 3.8) is 0 Å². The van der Waals surface area contributed by atoms with Crippen LogP contribution in [0.25, 0.3) is 0 Å². The molecule has 1 N–H and O–H groups in total. The van der Waals surface area contributed by atoms with Gasteiger partial charge in [-0.2, -0.15) is 0 Å². The van der Waals surface area contributed by atoms with E-state index in [9.17, 15) is 0 Å². The molecule has 2 rings (SSSR count). The summed E-state index contributed by atoms with van der Waals surface area (Å²) in [6.07, 6.45) is 0. The summed E-state index contributed by atoms with van der Waals surface area (Å²) in [7, 11) is 0. The highest BCUT2D eigenvalue weighted by atomic mass is 16.5. The van der Waals surface area contributed by atoms with Crippen LogP contribution >= 0.6 is 0 Å². The fraction of sp³-hybridized carbons (Fsp3) is 0.333. The number of benzene rings is 2. The van der Waals surface area contributed by atoms with Gasteiger partial charge in [0.1, 0.15) is 11.5 Å². The predicted octanol–water partition coefficient (Wildman–Crippen LogP) is 4.51. The van der Waals surface area contributed by atoms with E-state index in [2.05, 4.69) is 69.4 Å². The van der Waals surface area contributed by atoms with E-state index >= 15 is 0 Å². The second-order valence-electron chi connectivity index (χ2n) is 5.31. The summed E-state index contributed by atoms with van der Waals surface area (Å²) >= 11 is 0. The van der Waals surface area contributed by atoms with Gasteiger partial charge in [-0.25, -0.2) is 0 Å². The average molecular weight is 269 g/mol. The Morgan fingerprint density at radius 2 is 1.65 bits per heavy atom. The molecule has 0 aliphatic rings. The molecule has 0 aliphatic carbocycles. The van der Waals surface area contributed by atoms with Crippen molar-refractivity contribution in [2.45, 2.75) is 34.2 Å². The van der Waals surface area contributed by atoms with Crippen molar-refractivity contribution >= 4 is 0 Å². The van der Waals surface area contributed by atoms with Gasteiger partial charge < -0.3 is 10.1 Å². The molecule has 2 aromatic carbocycles. The van der Waals surface area contributed by atoms with E-state index in [4.69, 9.17) is 4.74 Å². The van der Waals surface area contributed by atoms with Gasteiger partial charge in [0.2, 0.25) is 0 Å². The molecule has 2 heteroatoms. The van der Waals surface area contributed by atoms with Crippen LogP contribution in [0, 0.1) is 20.8 Å². The first-order valence-electron chi connectivity index (χ1n) is 7.15. The predicted molar refractivity (Wildman–Crippen MR) is 84.5 cm³/mol. The molecule has 0 amide bonds. The minimum atomic E-state index is 0.904. The minimum Gasteiger partial charge on any atom is -0.457 e. The Balaban J connectivity index is 2.16. The summed E-state index contributed by atoms with van der Waals surface area (Å²) in [5.41, 5.74) is 4.90. The van der Waals surface area contributed by atoms with Gasteiger partial charge in [-0.05, 0) is 67.8 Å². The van der Waals surface area contributed by atoms with Gasteiger partial charge in [0.15, 0.2) is 0 Å². The number of nitrogens with one attached hydrogen (secondary N) is 1. The van der Waals surface area contributed by atoms with Crippen molar-refractivity contribution in [2.75, 3.05) is 6.54 Å². The smallest absolute Gasteiger partial charge is 0.130 e.